The molecule has 2 rings (SSSR count). The Kier molecular flexibility index (Phi) is 7.70. The van der Waals surface area contributed by atoms with E-state index in [9.17, 15) is 20.0 Å². The lowest BCUT2D eigenvalue weighted by molar-refractivity contribution is -0.384. The van der Waals surface area contributed by atoms with E-state index in [0.29, 0.717) is 23.8 Å². The van der Waals surface area contributed by atoms with Gasteiger partial charge in [-0.25, -0.2) is 0 Å². The summed E-state index contributed by atoms with van der Waals surface area (Å²) in [4.78, 5) is 23.1. The second-order valence-corrected chi connectivity index (χ2v) is 6.21. The van der Waals surface area contributed by atoms with Crippen molar-refractivity contribution < 1.29 is 24.3 Å². The maximum absolute atomic E-state index is 12.6. The maximum atomic E-state index is 12.6. The van der Waals surface area contributed by atoms with Crippen LogP contribution in [0.5, 0.6) is 11.5 Å². The summed E-state index contributed by atoms with van der Waals surface area (Å²) in [6.45, 7) is 3.53. The summed E-state index contributed by atoms with van der Waals surface area (Å²) in [5.41, 5.74) is -0.656. The standard InChI is InChI=1S/C19H19ClN4O6/c1-4-30-13-6-8-15(17(10-13)29-3)21-19(26)18(11(2)25)23-22-14-7-5-12(20)9-16(14)24(27)28/h5-10,25H,4H2,1-3H3,(H,21,26)/b18-11-,23-22?. The van der Waals surface area contributed by atoms with Crippen LogP contribution < -0.4 is 14.8 Å². The second-order valence-electron chi connectivity index (χ2n) is 5.77. The van der Waals surface area contributed by atoms with Crippen LogP contribution in [-0.2, 0) is 4.79 Å². The minimum absolute atomic E-state index is 0.130. The molecular formula is C19H19ClN4O6. The van der Waals surface area contributed by atoms with Gasteiger partial charge in [0.1, 0.15) is 17.3 Å². The average molecular weight is 435 g/mol. The Hall–Kier alpha value is -3.66. The quantitative estimate of drug-likeness (QED) is 0.193. The summed E-state index contributed by atoms with van der Waals surface area (Å²) in [7, 11) is 1.42. The molecule has 11 heteroatoms. The predicted octanol–water partition coefficient (Wildman–Crippen LogP) is 5.17. The van der Waals surface area contributed by atoms with Crippen LogP contribution in [0.3, 0.4) is 0 Å². The predicted molar refractivity (Wildman–Crippen MR) is 111 cm³/mol. The molecule has 0 aromatic heterocycles. The van der Waals surface area contributed by atoms with Crippen molar-refractivity contribution in [2.24, 2.45) is 10.2 Å². The summed E-state index contributed by atoms with van der Waals surface area (Å²) in [5, 5.41) is 31.1. The number of halogens is 1. The zero-order valence-corrected chi connectivity index (χ0v) is 17.1. The Balaban J connectivity index is 2.30. The number of nitrogens with one attached hydrogen (secondary N) is 1. The molecule has 0 aliphatic carbocycles. The van der Waals surface area contributed by atoms with E-state index in [4.69, 9.17) is 21.1 Å². The molecule has 0 aliphatic heterocycles. The largest absolute Gasteiger partial charge is 0.510 e. The van der Waals surface area contributed by atoms with Crippen LogP contribution in [0.25, 0.3) is 0 Å². The number of anilines is 1. The number of nitrogens with zero attached hydrogens (tertiary/aromatic N) is 3. The lowest BCUT2D eigenvalue weighted by Gasteiger charge is -2.12. The van der Waals surface area contributed by atoms with Crippen LogP contribution >= 0.6 is 11.6 Å². The number of hydrogen-bond acceptors (Lipinski definition) is 8. The first-order valence-electron chi connectivity index (χ1n) is 8.64. The molecule has 0 aliphatic rings. The van der Waals surface area contributed by atoms with Crippen molar-refractivity contribution in [2.45, 2.75) is 13.8 Å². The molecule has 1 amide bonds. The zero-order chi connectivity index (χ0) is 22.3. The summed E-state index contributed by atoms with van der Waals surface area (Å²) >= 11 is 5.76. The van der Waals surface area contributed by atoms with Gasteiger partial charge in [-0.2, -0.15) is 0 Å². The fourth-order valence-corrected chi connectivity index (χ4v) is 2.49. The number of ether oxygens (including phenoxy) is 2. The van der Waals surface area contributed by atoms with Crippen LogP contribution in [0.15, 0.2) is 58.1 Å². The monoisotopic (exact) mass is 434 g/mol. The van der Waals surface area contributed by atoms with Gasteiger partial charge in [-0.1, -0.05) is 11.6 Å². The molecule has 30 heavy (non-hydrogen) atoms. The van der Waals surface area contributed by atoms with E-state index in [1.54, 1.807) is 18.2 Å². The van der Waals surface area contributed by atoms with Crippen LogP contribution in [0.4, 0.5) is 17.1 Å². The van der Waals surface area contributed by atoms with Gasteiger partial charge >= 0.3 is 0 Å². The SMILES string of the molecule is CCOc1ccc(NC(=O)/C(N=Nc2ccc(Cl)cc2[N+](=O)[O-])=C(\C)O)c(OC)c1. The summed E-state index contributed by atoms with van der Waals surface area (Å²) < 4.78 is 10.6. The number of rotatable bonds is 8. The molecule has 0 bridgehead atoms. The molecule has 0 saturated carbocycles. The average Bonchev–Trinajstić information content (AvgIpc) is 2.70. The maximum Gasteiger partial charge on any atom is 0.298 e. The van der Waals surface area contributed by atoms with Gasteiger partial charge in [0.05, 0.1) is 24.3 Å². The first-order chi connectivity index (χ1) is 14.3. The Morgan fingerprint density at radius 1 is 1.30 bits per heavy atom. The van der Waals surface area contributed by atoms with E-state index in [0.717, 1.165) is 6.07 Å². The van der Waals surface area contributed by atoms with Crippen molar-refractivity contribution in [1.29, 1.82) is 0 Å². The third kappa shape index (κ3) is 5.67. The summed E-state index contributed by atoms with van der Waals surface area (Å²) in [5.74, 6) is -0.346. The molecule has 0 fully saturated rings. The molecule has 10 nitrogen and oxygen atoms in total. The van der Waals surface area contributed by atoms with Crippen LogP contribution in [0.1, 0.15) is 13.8 Å². The molecule has 0 heterocycles. The molecule has 0 spiro atoms. The van der Waals surface area contributed by atoms with Gasteiger partial charge in [-0.05, 0) is 38.1 Å². The van der Waals surface area contributed by atoms with E-state index in [-0.39, 0.29) is 10.7 Å². The van der Waals surface area contributed by atoms with Crippen LogP contribution in [-0.4, -0.2) is 29.7 Å². The third-order valence-corrected chi connectivity index (χ3v) is 3.92. The van der Waals surface area contributed by atoms with Gasteiger partial charge in [-0.15, -0.1) is 10.2 Å². The Morgan fingerprint density at radius 3 is 2.63 bits per heavy atom. The highest BCUT2D eigenvalue weighted by Gasteiger charge is 2.18. The third-order valence-electron chi connectivity index (χ3n) is 3.68. The van der Waals surface area contributed by atoms with Gasteiger partial charge in [0.2, 0.25) is 0 Å². The fraction of sp³-hybridized carbons (Fsp3) is 0.211. The number of hydrogen-bond donors (Lipinski definition) is 2. The van der Waals surface area contributed by atoms with Crippen LogP contribution in [0, 0.1) is 10.1 Å². The highest BCUT2D eigenvalue weighted by Crippen LogP contribution is 2.32. The molecule has 0 unspecified atom stereocenters. The number of nitro groups is 1. The van der Waals surface area contributed by atoms with Gasteiger partial charge in [0.25, 0.3) is 11.6 Å². The van der Waals surface area contributed by atoms with Crippen molar-refractivity contribution in [3.05, 3.63) is 63.0 Å². The fourth-order valence-electron chi connectivity index (χ4n) is 2.33. The van der Waals surface area contributed by atoms with Gasteiger partial charge in [-0.3, -0.25) is 14.9 Å². The Labute approximate surface area is 176 Å². The summed E-state index contributed by atoms with van der Waals surface area (Å²) in [6.07, 6.45) is 0. The Morgan fingerprint density at radius 2 is 2.03 bits per heavy atom. The number of aliphatic hydroxyl groups excluding tert-OH is 1. The molecule has 0 saturated heterocycles. The molecule has 158 valence electrons. The number of azo groups is 1. The molecule has 0 atom stereocenters. The number of carbonyl (C=O) groups excluding carboxylic acids is 1. The lowest BCUT2D eigenvalue weighted by Crippen LogP contribution is -2.15. The minimum Gasteiger partial charge on any atom is -0.510 e. The van der Waals surface area contributed by atoms with Crippen molar-refractivity contribution >= 4 is 34.6 Å². The van der Waals surface area contributed by atoms with Gasteiger partial charge < -0.3 is 19.9 Å². The van der Waals surface area contributed by atoms with Crippen molar-refractivity contribution in [1.82, 2.24) is 0 Å². The number of nitro benzene ring substituents is 1. The van der Waals surface area contributed by atoms with Crippen LogP contribution in [0.2, 0.25) is 5.02 Å². The van der Waals surface area contributed by atoms with Crippen molar-refractivity contribution in [3.8, 4) is 11.5 Å². The molecule has 2 aromatic carbocycles. The highest BCUT2D eigenvalue weighted by molar-refractivity contribution is 6.30. The van der Waals surface area contributed by atoms with Gasteiger partial charge in [0.15, 0.2) is 11.4 Å². The smallest absolute Gasteiger partial charge is 0.298 e. The van der Waals surface area contributed by atoms with E-state index in [1.165, 1.54) is 26.2 Å². The first kappa shape index (κ1) is 22.6. The van der Waals surface area contributed by atoms with E-state index < -0.39 is 28.0 Å². The lowest BCUT2D eigenvalue weighted by atomic mass is 10.2. The van der Waals surface area contributed by atoms with Crippen molar-refractivity contribution in [3.63, 3.8) is 0 Å². The number of carbonyl (C=O) groups is 1. The second kappa shape index (κ2) is 10.2. The number of methoxy groups -OCH3 is 1. The van der Waals surface area contributed by atoms with E-state index in [2.05, 4.69) is 15.5 Å². The normalized spacial score (nSPS) is 11.7. The Bertz CT molecular complexity index is 1020. The highest BCUT2D eigenvalue weighted by atomic mass is 35.5. The van der Waals surface area contributed by atoms with Crippen molar-refractivity contribution in [2.75, 3.05) is 19.0 Å². The number of amides is 1. The zero-order valence-electron chi connectivity index (χ0n) is 16.4. The van der Waals surface area contributed by atoms with E-state index in [1.807, 2.05) is 6.92 Å². The topological polar surface area (TPSA) is 136 Å². The number of benzene rings is 2. The molecule has 0 radical (unpaired) electrons. The summed E-state index contributed by atoms with van der Waals surface area (Å²) in [6, 6.07) is 8.57. The number of allylic oxidation sites excluding steroid dienone is 1. The van der Waals surface area contributed by atoms with E-state index >= 15 is 0 Å². The minimum atomic E-state index is -0.794. The number of aliphatic hydroxyl groups is 1. The molecule has 2 aromatic rings. The molecule has 2 N–H and O–H groups in total. The first-order valence-corrected chi connectivity index (χ1v) is 9.02. The molecular weight excluding hydrogens is 416 g/mol. The van der Waals surface area contributed by atoms with Gasteiger partial charge in [0, 0.05) is 17.2 Å².